The van der Waals surface area contributed by atoms with Gasteiger partial charge in [-0.05, 0) is 74.0 Å². The van der Waals surface area contributed by atoms with E-state index < -0.39 is 0 Å². The van der Waals surface area contributed by atoms with E-state index in [1.807, 2.05) is 12.1 Å². The van der Waals surface area contributed by atoms with E-state index in [0.29, 0.717) is 24.3 Å². The standard InChI is InChI=1S/C29H44ClNO2/c1-33-28(32)19-25-13-8-14-27(29(25)24-15-17-26(30)18-16-24)31(20-22-9-4-2-5-10-22)21-23-11-6-3-7-12-23/h15-18,22-23,25,27,29H,2-14,19-21H2,1H3. The van der Waals surface area contributed by atoms with Crippen LogP contribution >= 0.6 is 11.6 Å². The quantitative estimate of drug-likeness (QED) is 0.363. The first-order chi connectivity index (χ1) is 16.1. The summed E-state index contributed by atoms with van der Waals surface area (Å²) < 4.78 is 5.12. The van der Waals surface area contributed by atoms with Crippen LogP contribution in [0.5, 0.6) is 0 Å². The number of halogens is 1. The van der Waals surface area contributed by atoms with Crippen LogP contribution in [0.25, 0.3) is 0 Å². The summed E-state index contributed by atoms with van der Waals surface area (Å²) in [5.74, 6) is 2.34. The lowest BCUT2D eigenvalue weighted by Crippen LogP contribution is -2.48. The molecular formula is C29H44ClNO2. The van der Waals surface area contributed by atoms with Crippen LogP contribution in [0.2, 0.25) is 5.02 Å². The van der Waals surface area contributed by atoms with Crippen molar-refractivity contribution in [2.75, 3.05) is 20.2 Å². The fraction of sp³-hybridized carbons (Fsp3) is 0.759. The molecule has 3 atom stereocenters. The van der Waals surface area contributed by atoms with Crippen LogP contribution in [-0.4, -0.2) is 37.1 Å². The number of ether oxygens (including phenoxy) is 1. The van der Waals surface area contributed by atoms with Crippen molar-refractivity contribution in [2.24, 2.45) is 17.8 Å². The van der Waals surface area contributed by atoms with Gasteiger partial charge in [-0.2, -0.15) is 0 Å². The molecule has 184 valence electrons. The first-order valence-electron chi connectivity index (χ1n) is 13.7. The van der Waals surface area contributed by atoms with Gasteiger partial charge >= 0.3 is 5.97 Å². The molecular weight excluding hydrogens is 430 g/mol. The van der Waals surface area contributed by atoms with Crippen molar-refractivity contribution in [3.8, 4) is 0 Å². The van der Waals surface area contributed by atoms with Crippen molar-refractivity contribution in [3.05, 3.63) is 34.9 Å². The zero-order valence-corrected chi connectivity index (χ0v) is 21.4. The Morgan fingerprint density at radius 2 is 1.42 bits per heavy atom. The number of esters is 1. The smallest absolute Gasteiger partial charge is 0.305 e. The Kier molecular flexibility index (Phi) is 9.55. The second-order valence-electron chi connectivity index (χ2n) is 11.1. The zero-order chi connectivity index (χ0) is 23.0. The molecule has 3 saturated carbocycles. The number of carbonyl (C=O) groups excluding carboxylic acids is 1. The summed E-state index contributed by atoms with van der Waals surface area (Å²) in [6.07, 6.45) is 18.1. The molecule has 3 nitrogen and oxygen atoms in total. The van der Waals surface area contributed by atoms with Crippen LogP contribution in [0.1, 0.15) is 101 Å². The average Bonchev–Trinajstić information content (AvgIpc) is 2.85. The molecule has 3 aliphatic rings. The molecule has 0 N–H and O–H groups in total. The van der Waals surface area contributed by atoms with Crippen molar-refractivity contribution >= 4 is 17.6 Å². The van der Waals surface area contributed by atoms with E-state index in [0.717, 1.165) is 23.3 Å². The highest BCUT2D eigenvalue weighted by molar-refractivity contribution is 6.30. The first kappa shape index (κ1) is 25.0. The molecule has 0 heterocycles. The first-order valence-corrected chi connectivity index (χ1v) is 14.1. The summed E-state index contributed by atoms with van der Waals surface area (Å²) in [4.78, 5) is 15.3. The second-order valence-corrected chi connectivity index (χ2v) is 11.5. The minimum Gasteiger partial charge on any atom is -0.469 e. The molecule has 0 radical (unpaired) electrons. The molecule has 0 aromatic heterocycles. The van der Waals surface area contributed by atoms with Gasteiger partial charge < -0.3 is 4.74 Å². The fourth-order valence-electron chi connectivity index (χ4n) is 7.13. The summed E-state index contributed by atoms with van der Waals surface area (Å²) in [5.41, 5.74) is 1.36. The molecule has 0 saturated heterocycles. The van der Waals surface area contributed by atoms with Gasteiger partial charge in [0.15, 0.2) is 0 Å². The monoisotopic (exact) mass is 473 g/mol. The third-order valence-corrected chi connectivity index (χ3v) is 9.06. The number of hydrogen-bond donors (Lipinski definition) is 0. The Balaban J connectivity index is 1.61. The van der Waals surface area contributed by atoms with Gasteiger partial charge in [-0.25, -0.2) is 0 Å². The third kappa shape index (κ3) is 6.98. The van der Waals surface area contributed by atoms with Gasteiger partial charge in [-0.3, -0.25) is 9.69 Å². The molecule has 3 unspecified atom stereocenters. The van der Waals surface area contributed by atoms with E-state index in [9.17, 15) is 4.79 Å². The maximum absolute atomic E-state index is 12.4. The zero-order valence-electron chi connectivity index (χ0n) is 20.7. The van der Waals surface area contributed by atoms with Gasteiger partial charge in [0.05, 0.1) is 7.11 Å². The molecule has 4 rings (SSSR count). The maximum Gasteiger partial charge on any atom is 0.305 e. The Morgan fingerprint density at radius 3 is 1.97 bits per heavy atom. The molecule has 0 bridgehead atoms. The van der Waals surface area contributed by atoms with Gasteiger partial charge in [-0.1, -0.05) is 68.7 Å². The van der Waals surface area contributed by atoms with Crippen molar-refractivity contribution in [1.29, 1.82) is 0 Å². The Bertz CT molecular complexity index is 704. The Labute approximate surface area is 206 Å². The predicted octanol–water partition coefficient (Wildman–Crippen LogP) is 7.62. The van der Waals surface area contributed by atoms with Gasteiger partial charge in [-0.15, -0.1) is 0 Å². The highest BCUT2D eigenvalue weighted by Gasteiger charge is 2.40. The van der Waals surface area contributed by atoms with Gasteiger partial charge in [0.2, 0.25) is 0 Å². The number of hydrogen-bond acceptors (Lipinski definition) is 3. The van der Waals surface area contributed by atoms with Crippen molar-refractivity contribution < 1.29 is 9.53 Å². The summed E-state index contributed by atoms with van der Waals surface area (Å²) in [5, 5.41) is 0.789. The topological polar surface area (TPSA) is 29.5 Å². The fourth-order valence-corrected chi connectivity index (χ4v) is 7.25. The van der Waals surface area contributed by atoms with Gasteiger partial charge in [0.25, 0.3) is 0 Å². The largest absolute Gasteiger partial charge is 0.469 e. The minimum absolute atomic E-state index is 0.0641. The van der Waals surface area contributed by atoms with Crippen LogP contribution < -0.4 is 0 Å². The lowest BCUT2D eigenvalue weighted by molar-refractivity contribution is -0.142. The number of methoxy groups -OCH3 is 1. The minimum atomic E-state index is -0.0641. The molecule has 4 heteroatoms. The number of benzene rings is 1. The Morgan fingerprint density at radius 1 is 0.848 bits per heavy atom. The lowest BCUT2D eigenvalue weighted by Gasteiger charge is -2.47. The second kappa shape index (κ2) is 12.6. The average molecular weight is 474 g/mol. The van der Waals surface area contributed by atoms with E-state index in [2.05, 4.69) is 17.0 Å². The molecule has 1 aromatic carbocycles. The molecule has 3 fully saturated rings. The van der Waals surface area contributed by atoms with Gasteiger partial charge in [0, 0.05) is 36.5 Å². The van der Waals surface area contributed by atoms with E-state index in [-0.39, 0.29) is 5.97 Å². The normalized spacial score (nSPS) is 27.5. The predicted molar refractivity (Wildman–Crippen MR) is 137 cm³/mol. The van der Waals surface area contributed by atoms with Crippen LogP contribution in [0.4, 0.5) is 0 Å². The molecule has 3 aliphatic carbocycles. The van der Waals surface area contributed by atoms with Crippen molar-refractivity contribution in [2.45, 2.75) is 102 Å². The molecule has 1 aromatic rings. The van der Waals surface area contributed by atoms with E-state index in [4.69, 9.17) is 16.3 Å². The highest BCUT2D eigenvalue weighted by Crippen LogP contribution is 2.44. The molecule has 0 spiro atoms. The van der Waals surface area contributed by atoms with Crippen LogP contribution in [-0.2, 0) is 9.53 Å². The van der Waals surface area contributed by atoms with Gasteiger partial charge in [0.1, 0.15) is 0 Å². The van der Waals surface area contributed by atoms with E-state index in [1.54, 1.807) is 0 Å². The summed E-state index contributed by atoms with van der Waals surface area (Å²) >= 11 is 6.27. The third-order valence-electron chi connectivity index (χ3n) is 8.81. The number of carbonyl (C=O) groups is 1. The van der Waals surface area contributed by atoms with E-state index in [1.165, 1.54) is 103 Å². The van der Waals surface area contributed by atoms with Crippen molar-refractivity contribution in [3.63, 3.8) is 0 Å². The van der Waals surface area contributed by atoms with Crippen LogP contribution in [0.15, 0.2) is 24.3 Å². The molecule has 33 heavy (non-hydrogen) atoms. The Hall–Kier alpha value is -1.06. The summed E-state index contributed by atoms with van der Waals surface area (Å²) in [7, 11) is 1.53. The number of nitrogens with zero attached hydrogens (tertiary/aromatic N) is 1. The van der Waals surface area contributed by atoms with Crippen molar-refractivity contribution in [1.82, 2.24) is 4.90 Å². The lowest BCUT2D eigenvalue weighted by atomic mass is 9.70. The number of rotatable bonds is 8. The highest BCUT2D eigenvalue weighted by atomic mass is 35.5. The maximum atomic E-state index is 12.4. The van der Waals surface area contributed by atoms with E-state index >= 15 is 0 Å². The SMILES string of the molecule is COC(=O)CC1CCCC(N(CC2CCCCC2)CC2CCCCC2)C1c1ccc(Cl)cc1. The summed E-state index contributed by atoms with van der Waals surface area (Å²) in [6, 6.07) is 9.01. The van der Waals surface area contributed by atoms with Crippen LogP contribution in [0.3, 0.4) is 0 Å². The molecule has 0 amide bonds. The van der Waals surface area contributed by atoms with Crippen LogP contribution in [0, 0.1) is 17.8 Å². The molecule has 0 aliphatic heterocycles. The summed E-state index contributed by atoms with van der Waals surface area (Å²) in [6.45, 7) is 2.49.